The van der Waals surface area contributed by atoms with E-state index in [-0.39, 0.29) is 16.3 Å². The first kappa shape index (κ1) is 15.8. The molecule has 0 heterocycles. The van der Waals surface area contributed by atoms with E-state index < -0.39 is 11.7 Å². The molecule has 0 aromatic heterocycles. The standard InChI is InChI=1S/C10H9ClF3N.C2H6/c1-5(2)7-3-6(11)4-8(9(7)15)10(12,13)14;1-2/h3-4H,1,15H2,2H3;1-2H3. The normalized spacial score (nSPS) is 10.5. The van der Waals surface area contributed by atoms with Gasteiger partial charge in [0.2, 0.25) is 0 Å². The number of benzene rings is 1. The number of anilines is 1. The number of nitrogen functional groups attached to an aromatic ring is 1. The van der Waals surface area contributed by atoms with Crippen molar-refractivity contribution in [2.24, 2.45) is 0 Å². The molecule has 0 atom stereocenters. The lowest BCUT2D eigenvalue weighted by molar-refractivity contribution is -0.136. The summed E-state index contributed by atoms with van der Waals surface area (Å²) < 4.78 is 37.5. The average molecular weight is 266 g/mol. The van der Waals surface area contributed by atoms with Gasteiger partial charge in [-0.1, -0.05) is 32.0 Å². The quantitative estimate of drug-likeness (QED) is 0.711. The molecule has 0 saturated carbocycles. The first-order valence-corrected chi connectivity index (χ1v) is 5.43. The highest BCUT2D eigenvalue weighted by Gasteiger charge is 2.34. The van der Waals surface area contributed by atoms with Crippen molar-refractivity contribution in [2.45, 2.75) is 26.9 Å². The number of nitrogens with two attached hydrogens (primary N) is 1. The van der Waals surface area contributed by atoms with Crippen molar-refractivity contribution in [2.75, 3.05) is 5.73 Å². The van der Waals surface area contributed by atoms with Gasteiger partial charge < -0.3 is 5.73 Å². The van der Waals surface area contributed by atoms with Gasteiger partial charge in [0.05, 0.1) is 11.3 Å². The lowest BCUT2D eigenvalue weighted by Gasteiger charge is -2.14. The van der Waals surface area contributed by atoms with Crippen LogP contribution in [0.1, 0.15) is 31.9 Å². The van der Waals surface area contributed by atoms with Gasteiger partial charge in [-0.2, -0.15) is 13.2 Å². The third-order valence-corrected chi connectivity index (χ3v) is 2.13. The highest BCUT2D eigenvalue weighted by atomic mass is 35.5. The van der Waals surface area contributed by atoms with Gasteiger partial charge in [-0.3, -0.25) is 0 Å². The summed E-state index contributed by atoms with van der Waals surface area (Å²) in [5.74, 6) is 0. The molecule has 0 radical (unpaired) electrons. The summed E-state index contributed by atoms with van der Waals surface area (Å²) in [6.07, 6.45) is -4.50. The molecule has 0 bridgehead atoms. The van der Waals surface area contributed by atoms with Crippen LogP contribution >= 0.6 is 11.6 Å². The molecule has 0 aliphatic carbocycles. The van der Waals surface area contributed by atoms with Crippen LogP contribution in [0, 0.1) is 0 Å². The summed E-state index contributed by atoms with van der Waals surface area (Å²) >= 11 is 5.58. The molecule has 2 N–H and O–H groups in total. The Kier molecular flexibility index (Phi) is 5.55. The molecular formula is C12H15ClF3N. The Labute approximate surface area is 104 Å². The average Bonchev–Trinajstić information content (AvgIpc) is 2.22. The molecule has 1 nitrogen and oxygen atoms in total. The van der Waals surface area contributed by atoms with Crippen molar-refractivity contribution in [3.63, 3.8) is 0 Å². The maximum atomic E-state index is 12.5. The smallest absolute Gasteiger partial charge is 0.398 e. The van der Waals surface area contributed by atoms with E-state index in [1.165, 1.54) is 6.07 Å². The van der Waals surface area contributed by atoms with E-state index in [0.29, 0.717) is 5.57 Å². The third-order valence-electron chi connectivity index (χ3n) is 1.91. The van der Waals surface area contributed by atoms with Crippen molar-refractivity contribution in [3.8, 4) is 0 Å². The molecule has 1 rings (SSSR count). The van der Waals surface area contributed by atoms with Crippen LogP contribution in [-0.4, -0.2) is 0 Å². The molecule has 1 aromatic carbocycles. The van der Waals surface area contributed by atoms with Crippen LogP contribution in [0.5, 0.6) is 0 Å². The summed E-state index contributed by atoms with van der Waals surface area (Å²) in [6, 6.07) is 2.18. The second kappa shape index (κ2) is 5.96. The lowest BCUT2D eigenvalue weighted by atomic mass is 10.0. The van der Waals surface area contributed by atoms with Crippen molar-refractivity contribution >= 4 is 22.9 Å². The van der Waals surface area contributed by atoms with Crippen molar-refractivity contribution in [3.05, 3.63) is 34.9 Å². The van der Waals surface area contributed by atoms with Crippen LogP contribution in [-0.2, 0) is 6.18 Å². The Bertz CT molecular complexity index is 411. The highest BCUT2D eigenvalue weighted by molar-refractivity contribution is 6.31. The Hall–Kier alpha value is -1.16. The van der Waals surface area contributed by atoms with Gasteiger partial charge >= 0.3 is 6.18 Å². The van der Waals surface area contributed by atoms with E-state index in [9.17, 15) is 13.2 Å². The lowest BCUT2D eigenvalue weighted by Crippen LogP contribution is -2.10. The van der Waals surface area contributed by atoms with Crippen molar-refractivity contribution < 1.29 is 13.2 Å². The van der Waals surface area contributed by atoms with Gasteiger partial charge in [0.15, 0.2) is 0 Å². The number of rotatable bonds is 1. The topological polar surface area (TPSA) is 26.0 Å². The highest BCUT2D eigenvalue weighted by Crippen LogP contribution is 2.38. The fourth-order valence-electron chi connectivity index (χ4n) is 1.21. The zero-order valence-corrected chi connectivity index (χ0v) is 10.7. The molecule has 0 aliphatic heterocycles. The van der Waals surface area contributed by atoms with Crippen molar-refractivity contribution in [1.82, 2.24) is 0 Å². The minimum absolute atomic E-state index is 0.00507. The third kappa shape index (κ3) is 3.97. The summed E-state index contributed by atoms with van der Waals surface area (Å²) in [6.45, 7) is 9.12. The number of alkyl halides is 3. The Morgan fingerprint density at radius 2 is 1.76 bits per heavy atom. The molecule has 0 unspecified atom stereocenters. The first-order valence-electron chi connectivity index (χ1n) is 5.05. The van der Waals surface area contributed by atoms with E-state index in [1.54, 1.807) is 6.92 Å². The van der Waals surface area contributed by atoms with E-state index in [2.05, 4.69) is 6.58 Å². The SMILES string of the molecule is C=C(C)c1cc(Cl)cc(C(F)(F)F)c1N.CC. The molecule has 96 valence electrons. The Morgan fingerprint density at radius 3 is 2.12 bits per heavy atom. The zero-order valence-electron chi connectivity index (χ0n) is 9.95. The fourth-order valence-corrected chi connectivity index (χ4v) is 1.42. The van der Waals surface area contributed by atoms with Crippen LogP contribution in [0.15, 0.2) is 18.7 Å². The van der Waals surface area contributed by atoms with Crippen LogP contribution in [0.4, 0.5) is 18.9 Å². The van der Waals surface area contributed by atoms with E-state index in [4.69, 9.17) is 17.3 Å². The molecule has 17 heavy (non-hydrogen) atoms. The summed E-state index contributed by atoms with van der Waals surface area (Å²) in [5, 5.41) is -0.00507. The molecule has 0 amide bonds. The van der Waals surface area contributed by atoms with Crippen LogP contribution in [0.3, 0.4) is 0 Å². The van der Waals surface area contributed by atoms with Gasteiger partial charge in [0.1, 0.15) is 0 Å². The number of allylic oxidation sites excluding steroid dienone is 1. The van der Waals surface area contributed by atoms with Gasteiger partial charge in [0, 0.05) is 10.6 Å². The predicted octanol–water partition coefficient (Wildman–Crippen LogP) is 5.00. The summed E-state index contributed by atoms with van der Waals surface area (Å²) in [4.78, 5) is 0. The second-order valence-corrected chi connectivity index (χ2v) is 3.63. The molecule has 0 saturated heterocycles. The van der Waals surface area contributed by atoms with Gasteiger partial charge in [0.25, 0.3) is 0 Å². The molecule has 0 aliphatic rings. The maximum absolute atomic E-state index is 12.5. The molecule has 0 spiro atoms. The summed E-state index contributed by atoms with van der Waals surface area (Å²) in [7, 11) is 0. The second-order valence-electron chi connectivity index (χ2n) is 3.19. The molecule has 1 aromatic rings. The Morgan fingerprint density at radius 1 is 1.29 bits per heavy atom. The molecule has 0 fully saturated rings. The van der Waals surface area contributed by atoms with E-state index in [0.717, 1.165) is 6.07 Å². The van der Waals surface area contributed by atoms with Crippen LogP contribution in [0.2, 0.25) is 5.02 Å². The van der Waals surface area contributed by atoms with Gasteiger partial charge in [-0.25, -0.2) is 0 Å². The minimum Gasteiger partial charge on any atom is -0.398 e. The van der Waals surface area contributed by atoms with Gasteiger partial charge in [-0.05, 0) is 24.6 Å². The van der Waals surface area contributed by atoms with Crippen molar-refractivity contribution in [1.29, 1.82) is 0 Å². The van der Waals surface area contributed by atoms with E-state index >= 15 is 0 Å². The van der Waals surface area contributed by atoms with E-state index in [1.807, 2.05) is 13.8 Å². The predicted molar refractivity (Wildman–Crippen MR) is 66.9 cm³/mol. The number of halogens is 4. The number of hydrogen-bond acceptors (Lipinski definition) is 1. The fraction of sp³-hybridized carbons (Fsp3) is 0.333. The largest absolute Gasteiger partial charge is 0.418 e. The van der Waals surface area contributed by atoms with Gasteiger partial charge in [-0.15, -0.1) is 0 Å². The molecular weight excluding hydrogens is 251 g/mol. The minimum atomic E-state index is -4.50. The molecule has 5 heteroatoms. The monoisotopic (exact) mass is 265 g/mol. The van der Waals surface area contributed by atoms with Crippen LogP contribution < -0.4 is 5.73 Å². The number of hydrogen-bond donors (Lipinski definition) is 1. The zero-order chi connectivity index (χ0) is 13.8. The Balaban J connectivity index is 0.00000121. The first-order chi connectivity index (χ1) is 7.73. The maximum Gasteiger partial charge on any atom is 0.418 e. The van der Waals surface area contributed by atoms with Crippen LogP contribution in [0.25, 0.3) is 5.57 Å². The summed E-state index contributed by atoms with van der Waals surface area (Å²) in [5.41, 5.74) is 4.82.